The van der Waals surface area contributed by atoms with Crippen LogP contribution in [0.3, 0.4) is 0 Å². The quantitative estimate of drug-likeness (QED) is 0.626. The van der Waals surface area contributed by atoms with E-state index in [2.05, 4.69) is 22.9 Å². The first kappa shape index (κ1) is 13.2. The molecule has 0 aliphatic heterocycles. The molecule has 0 saturated carbocycles. The van der Waals surface area contributed by atoms with Gasteiger partial charge in [-0.25, -0.2) is 0 Å². The van der Waals surface area contributed by atoms with Crippen molar-refractivity contribution in [2.45, 2.75) is 31.0 Å². The molecule has 1 unspecified atom stereocenters. The Bertz CT molecular complexity index is 366. The van der Waals surface area contributed by atoms with E-state index in [1.807, 2.05) is 38.1 Å². The lowest BCUT2D eigenvalue weighted by molar-refractivity contribution is -0.146. The summed E-state index contributed by atoms with van der Waals surface area (Å²) in [5, 5.41) is 0. The van der Waals surface area contributed by atoms with Crippen molar-refractivity contribution < 1.29 is 9.53 Å². The van der Waals surface area contributed by atoms with Crippen molar-refractivity contribution in [1.29, 1.82) is 0 Å². The highest BCUT2D eigenvalue weighted by atomic mass is 79.9. The number of methoxy groups -OCH3 is 1. The van der Waals surface area contributed by atoms with Gasteiger partial charge in [0.15, 0.2) is 0 Å². The first-order valence-electron chi connectivity index (χ1n) is 5.22. The number of alkyl halides is 1. The Morgan fingerprint density at radius 2 is 1.81 bits per heavy atom. The number of esters is 1. The molecule has 0 aliphatic carbocycles. The number of carbonyl (C=O) groups is 1. The molecule has 0 fully saturated rings. The van der Waals surface area contributed by atoms with Gasteiger partial charge in [-0.05, 0) is 31.9 Å². The molecule has 0 aromatic heterocycles. The second-order valence-corrected chi connectivity index (χ2v) is 5.73. The summed E-state index contributed by atoms with van der Waals surface area (Å²) < 4.78 is 4.80. The van der Waals surface area contributed by atoms with Crippen LogP contribution in [0.2, 0.25) is 0 Å². The van der Waals surface area contributed by atoms with E-state index in [0.29, 0.717) is 4.83 Å². The lowest BCUT2D eigenvalue weighted by atomic mass is 9.84. The highest BCUT2D eigenvalue weighted by molar-refractivity contribution is 9.09. The zero-order valence-corrected chi connectivity index (χ0v) is 11.7. The number of benzene rings is 1. The number of carbonyl (C=O) groups excluding carboxylic acids is 1. The molecule has 0 spiro atoms. The van der Waals surface area contributed by atoms with Crippen LogP contribution in [0.5, 0.6) is 0 Å². The SMILES string of the molecule is COC(=O)C(C)(C)c1ccc(C(C)Br)cc1. The molecule has 0 saturated heterocycles. The first-order chi connectivity index (χ1) is 7.39. The molecule has 2 nitrogen and oxygen atoms in total. The fraction of sp³-hybridized carbons (Fsp3) is 0.462. The Labute approximate surface area is 105 Å². The predicted octanol–water partition coefficient (Wildman–Crippen LogP) is 3.59. The fourth-order valence-electron chi connectivity index (χ4n) is 1.54. The molecular formula is C13H17BrO2. The maximum absolute atomic E-state index is 11.6. The summed E-state index contributed by atoms with van der Waals surface area (Å²) in [6, 6.07) is 8.01. The van der Waals surface area contributed by atoms with Crippen LogP contribution in [-0.2, 0) is 14.9 Å². The number of halogens is 1. The molecule has 0 radical (unpaired) electrons. The Morgan fingerprint density at radius 3 is 2.19 bits per heavy atom. The fourth-order valence-corrected chi connectivity index (χ4v) is 1.84. The van der Waals surface area contributed by atoms with Gasteiger partial charge in [0, 0.05) is 4.83 Å². The number of hydrogen-bond donors (Lipinski definition) is 0. The zero-order valence-electron chi connectivity index (χ0n) is 10.1. The van der Waals surface area contributed by atoms with Gasteiger partial charge in [-0.3, -0.25) is 4.79 Å². The predicted molar refractivity (Wildman–Crippen MR) is 68.8 cm³/mol. The molecule has 88 valence electrons. The molecule has 0 N–H and O–H groups in total. The number of rotatable bonds is 3. The molecule has 1 aromatic rings. The van der Waals surface area contributed by atoms with Crippen molar-refractivity contribution in [2.24, 2.45) is 0 Å². The Hall–Kier alpha value is -0.830. The van der Waals surface area contributed by atoms with Crippen molar-refractivity contribution in [3.05, 3.63) is 35.4 Å². The van der Waals surface area contributed by atoms with Crippen molar-refractivity contribution in [2.75, 3.05) is 7.11 Å². The average Bonchev–Trinajstić information content (AvgIpc) is 2.28. The molecule has 1 aromatic carbocycles. The second-order valence-electron chi connectivity index (χ2n) is 4.35. The standard InChI is InChI=1S/C13H17BrO2/c1-9(14)10-5-7-11(8-6-10)13(2,3)12(15)16-4/h5-9H,1-4H3. The van der Waals surface area contributed by atoms with Crippen molar-refractivity contribution >= 4 is 21.9 Å². The minimum atomic E-state index is -0.594. The van der Waals surface area contributed by atoms with Crippen LogP contribution in [0.15, 0.2) is 24.3 Å². The van der Waals surface area contributed by atoms with Crippen LogP contribution in [0, 0.1) is 0 Å². The van der Waals surface area contributed by atoms with E-state index in [4.69, 9.17) is 4.74 Å². The third-order valence-corrected chi connectivity index (χ3v) is 3.32. The van der Waals surface area contributed by atoms with Crippen molar-refractivity contribution in [1.82, 2.24) is 0 Å². The van der Waals surface area contributed by atoms with Gasteiger partial charge < -0.3 is 4.74 Å². The lowest BCUT2D eigenvalue weighted by Gasteiger charge is -2.22. The highest BCUT2D eigenvalue weighted by Crippen LogP contribution is 2.28. The molecule has 1 atom stereocenters. The largest absolute Gasteiger partial charge is 0.468 e. The van der Waals surface area contributed by atoms with Crippen LogP contribution in [0.4, 0.5) is 0 Å². The van der Waals surface area contributed by atoms with E-state index in [9.17, 15) is 4.79 Å². The number of ether oxygens (including phenoxy) is 1. The Morgan fingerprint density at radius 1 is 1.31 bits per heavy atom. The maximum Gasteiger partial charge on any atom is 0.315 e. The third kappa shape index (κ3) is 2.64. The summed E-state index contributed by atoms with van der Waals surface area (Å²) in [7, 11) is 1.42. The zero-order chi connectivity index (χ0) is 12.3. The van der Waals surface area contributed by atoms with E-state index in [1.54, 1.807) is 0 Å². The first-order valence-corrected chi connectivity index (χ1v) is 6.14. The van der Waals surface area contributed by atoms with Gasteiger partial charge in [0.1, 0.15) is 0 Å². The van der Waals surface area contributed by atoms with Gasteiger partial charge in [0.25, 0.3) is 0 Å². The molecule has 0 aliphatic rings. The molecular weight excluding hydrogens is 268 g/mol. The second kappa shape index (κ2) is 5.00. The van der Waals surface area contributed by atoms with E-state index < -0.39 is 5.41 Å². The van der Waals surface area contributed by atoms with Crippen LogP contribution in [-0.4, -0.2) is 13.1 Å². The van der Waals surface area contributed by atoms with E-state index >= 15 is 0 Å². The monoisotopic (exact) mass is 284 g/mol. The van der Waals surface area contributed by atoms with Crippen LogP contribution < -0.4 is 0 Å². The van der Waals surface area contributed by atoms with Gasteiger partial charge in [-0.1, -0.05) is 40.2 Å². The Kier molecular flexibility index (Phi) is 4.14. The average molecular weight is 285 g/mol. The van der Waals surface area contributed by atoms with Gasteiger partial charge in [-0.2, -0.15) is 0 Å². The summed E-state index contributed by atoms with van der Waals surface area (Å²) in [5.74, 6) is -0.216. The minimum Gasteiger partial charge on any atom is -0.468 e. The number of hydrogen-bond acceptors (Lipinski definition) is 2. The van der Waals surface area contributed by atoms with Gasteiger partial charge in [0.2, 0.25) is 0 Å². The minimum absolute atomic E-state index is 0.216. The molecule has 3 heteroatoms. The summed E-state index contributed by atoms with van der Waals surface area (Å²) >= 11 is 3.51. The van der Waals surface area contributed by atoms with Gasteiger partial charge in [-0.15, -0.1) is 0 Å². The van der Waals surface area contributed by atoms with Gasteiger partial charge >= 0.3 is 5.97 Å². The van der Waals surface area contributed by atoms with Crippen molar-refractivity contribution in [3.8, 4) is 0 Å². The van der Waals surface area contributed by atoms with E-state index in [1.165, 1.54) is 12.7 Å². The van der Waals surface area contributed by atoms with Crippen LogP contribution in [0.25, 0.3) is 0 Å². The molecule has 0 heterocycles. The van der Waals surface area contributed by atoms with Crippen molar-refractivity contribution in [3.63, 3.8) is 0 Å². The van der Waals surface area contributed by atoms with Gasteiger partial charge in [0.05, 0.1) is 12.5 Å². The smallest absolute Gasteiger partial charge is 0.315 e. The Balaban J connectivity index is 3.01. The van der Waals surface area contributed by atoms with E-state index in [0.717, 1.165) is 5.56 Å². The van der Waals surface area contributed by atoms with Crippen LogP contribution in [0.1, 0.15) is 36.7 Å². The van der Waals surface area contributed by atoms with Crippen LogP contribution >= 0.6 is 15.9 Å². The summed E-state index contributed by atoms with van der Waals surface area (Å²) in [6.07, 6.45) is 0. The third-order valence-electron chi connectivity index (χ3n) is 2.79. The topological polar surface area (TPSA) is 26.3 Å². The summed E-state index contributed by atoms with van der Waals surface area (Å²) in [6.45, 7) is 5.80. The highest BCUT2D eigenvalue weighted by Gasteiger charge is 2.30. The summed E-state index contributed by atoms with van der Waals surface area (Å²) in [5.41, 5.74) is 1.57. The molecule has 1 rings (SSSR count). The lowest BCUT2D eigenvalue weighted by Crippen LogP contribution is -2.30. The molecule has 16 heavy (non-hydrogen) atoms. The molecule has 0 bridgehead atoms. The molecule has 0 amide bonds. The normalized spacial score (nSPS) is 13.3. The maximum atomic E-state index is 11.6. The summed E-state index contributed by atoms with van der Waals surface area (Å²) in [4.78, 5) is 11.9. The van der Waals surface area contributed by atoms with E-state index in [-0.39, 0.29) is 5.97 Å².